The van der Waals surface area contributed by atoms with Crippen molar-refractivity contribution in [1.82, 2.24) is 15.5 Å². The number of aromatic nitrogens is 2. The highest BCUT2D eigenvalue weighted by atomic mass is 16.6. The number of nitro benzene ring substituents is 1. The third kappa shape index (κ3) is 3.59. The number of benzene rings is 1. The number of hydrogen-bond acceptors (Lipinski definition) is 6. The first-order chi connectivity index (χ1) is 9.16. The molecule has 7 nitrogen and oxygen atoms in total. The Bertz CT molecular complexity index is 554. The highest BCUT2D eigenvalue weighted by molar-refractivity contribution is 5.42. The smallest absolute Gasteiger partial charge is 0.272 e. The number of rotatable bonds is 6. The van der Waals surface area contributed by atoms with Gasteiger partial charge in [-0.1, -0.05) is 17.3 Å². The highest BCUT2D eigenvalue weighted by Gasteiger charge is 2.10. The Kier molecular flexibility index (Phi) is 4.19. The molecule has 0 aliphatic carbocycles. The fraction of sp³-hybridized carbons (Fsp3) is 0.333. The van der Waals surface area contributed by atoms with Gasteiger partial charge >= 0.3 is 0 Å². The van der Waals surface area contributed by atoms with E-state index < -0.39 is 0 Å². The molecular weight excluding hydrogens is 248 g/mol. The number of nitro groups is 1. The molecule has 0 atom stereocenters. The molecule has 0 saturated carbocycles. The summed E-state index contributed by atoms with van der Waals surface area (Å²) in [6.07, 6.45) is 1.95. The first-order valence-electron chi connectivity index (χ1n) is 5.86. The molecule has 0 aliphatic rings. The van der Waals surface area contributed by atoms with Crippen LogP contribution in [0, 0.1) is 17.0 Å². The fourth-order valence-electron chi connectivity index (χ4n) is 1.70. The van der Waals surface area contributed by atoms with Crippen LogP contribution in [-0.4, -0.2) is 21.6 Å². The van der Waals surface area contributed by atoms with E-state index in [1.54, 1.807) is 19.1 Å². The summed E-state index contributed by atoms with van der Waals surface area (Å²) >= 11 is 0. The second kappa shape index (κ2) is 6.05. The summed E-state index contributed by atoms with van der Waals surface area (Å²) < 4.78 is 4.62. The molecule has 0 unspecified atom stereocenters. The Morgan fingerprint density at radius 2 is 2.32 bits per heavy atom. The van der Waals surface area contributed by atoms with Gasteiger partial charge in [0.15, 0.2) is 5.82 Å². The molecule has 1 aromatic heterocycles. The molecule has 1 heterocycles. The predicted octanol–water partition coefficient (Wildman–Crippen LogP) is 1.62. The fourth-order valence-corrected chi connectivity index (χ4v) is 1.70. The summed E-state index contributed by atoms with van der Waals surface area (Å²) in [4.78, 5) is 14.4. The topological polar surface area (TPSA) is 94.1 Å². The van der Waals surface area contributed by atoms with Gasteiger partial charge in [0.05, 0.1) is 4.92 Å². The van der Waals surface area contributed by atoms with E-state index in [0.717, 1.165) is 5.56 Å². The van der Waals surface area contributed by atoms with Gasteiger partial charge in [0.25, 0.3) is 5.69 Å². The van der Waals surface area contributed by atoms with Crippen molar-refractivity contribution in [3.8, 4) is 0 Å². The van der Waals surface area contributed by atoms with Crippen molar-refractivity contribution in [1.29, 1.82) is 0 Å². The number of nitrogens with zero attached hydrogens (tertiary/aromatic N) is 3. The lowest BCUT2D eigenvalue weighted by molar-refractivity contribution is -0.385. The molecule has 1 aromatic carbocycles. The molecule has 2 rings (SSSR count). The average Bonchev–Trinajstić information content (AvgIpc) is 2.89. The molecule has 0 saturated heterocycles. The maximum atomic E-state index is 10.8. The van der Waals surface area contributed by atoms with Gasteiger partial charge in [0, 0.05) is 31.1 Å². The summed E-state index contributed by atoms with van der Waals surface area (Å²) in [5.74, 6) is 0.641. The maximum absolute atomic E-state index is 10.8. The Morgan fingerprint density at radius 3 is 3.00 bits per heavy atom. The first-order valence-corrected chi connectivity index (χ1v) is 5.86. The van der Waals surface area contributed by atoms with Crippen molar-refractivity contribution >= 4 is 5.69 Å². The van der Waals surface area contributed by atoms with Crippen LogP contribution < -0.4 is 5.32 Å². The predicted molar refractivity (Wildman–Crippen MR) is 67.5 cm³/mol. The SMILES string of the molecule is Cc1ccc(CNCCc2ncon2)cc1[N+](=O)[O-]. The number of nitrogens with one attached hydrogen (secondary N) is 1. The Balaban J connectivity index is 1.86. The largest absolute Gasteiger partial charge is 0.343 e. The van der Waals surface area contributed by atoms with Crippen molar-refractivity contribution in [3.63, 3.8) is 0 Å². The van der Waals surface area contributed by atoms with Crippen LogP contribution in [-0.2, 0) is 13.0 Å². The van der Waals surface area contributed by atoms with Crippen LogP contribution in [0.2, 0.25) is 0 Å². The van der Waals surface area contributed by atoms with Crippen molar-refractivity contribution in [2.75, 3.05) is 6.54 Å². The molecule has 100 valence electrons. The summed E-state index contributed by atoms with van der Waals surface area (Å²) in [5.41, 5.74) is 1.70. The average molecular weight is 262 g/mol. The summed E-state index contributed by atoms with van der Waals surface area (Å²) in [6.45, 7) is 2.98. The van der Waals surface area contributed by atoms with Crippen LogP contribution >= 0.6 is 0 Å². The highest BCUT2D eigenvalue weighted by Crippen LogP contribution is 2.18. The van der Waals surface area contributed by atoms with Crippen molar-refractivity contribution in [2.24, 2.45) is 0 Å². The molecule has 7 heteroatoms. The zero-order valence-corrected chi connectivity index (χ0v) is 10.5. The lowest BCUT2D eigenvalue weighted by Gasteiger charge is -2.04. The van der Waals surface area contributed by atoms with Crippen LogP contribution in [0.3, 0.4) is 0 Å². The molecular formula is C12H14N4O3. The summed E-state index contributed by atoms with van der Waals surface area (Å²) in [5, 5.41) is 17.7. The van der Waals surface area contributed by atoms with Crippen molar-refractivity contribution < 1.29 is 9.45 Å². The standard InChI is InChI=1S/C12H14N4O3/c1-9-2-3-10(6-11(9)16(17)18)7-13-5-4-12-14-8-19-15-12/h2-3,6,8,13H,4-5,7H2,1H3. The molecule has 0 spiro atoms. The van der Waals surface area contributed by atoms with Crippen LogP contribution in [0.5, 0.6) is 0 Å². The van der Waals surface area contributed by atoms with E-state index in [1.807, 2.05) is 6.07 Å². The normalized spacial score (nSPS) is 10.6. The van der Waals surface area contributed by atoms with Gasteiger partial charge in [-0.25, -0.2) is 0 Å². The lowest BCUT2D eigenvalue weighted by Crippen LogP contribution is -2.17. The van der Waals surface area contributed by atoms with E-state index in [0.29, 0.717) is 30.9 Å². The van der Waals surface area contributed by atoms with Crippen LogP contribution in [0.4, 0.5) is 5.69 Å². The van der Waals surface area contributed by atoms with E-state index in [-0.39, 0.29) is 10.6 Å². The minimum absolute atomic E-state index is 0.150. The van der Waals surface area contributed by atoms with Crippen molar-refractivity contribution in [3.05, 3.63) is 51.7 Å². The monoisotopic (exact) mass is 262 g/mol. The van der Waals surface area contributed by atoms with Crippen LogP contribution in [0.1, 0.15) is 17.0 Å². The first kappa shape index (κ1) is 13.2. The van der Waals surface area contributed by atoms with E-state index in [1.165, 1.54) is 6.39 Å². The Morgan fingerprint density at radius 1 is 1.47 bits per heavy atom. The third-order valence-corrected chi connectivity index (χ3v) is 2.73. The van der Waals surface area contributed by atoms with Gasteiger partial charge in [0.1, 0.15) is 0 Å². The lowest BCUT2D eigenvalue weighted by atomic mass is 10.1. The summed E-state index contributed by atoms with van der Waals surface area (Å²) in [6, 6.07) is 5.23. The second-order valence-corrected chi connectivity index (χ2v) is 4.15. The molecule has 1 N–H and O–H groups in total. The van der Waals surface area contributed by atoms with Gasteiger partial charge in [-0.15, -0.1) is 0 Å². The molecule has 0 bridgehead atoms. The zero-order valence-electron chi connectivity index (χ0n) is 10.5. The zero-order chi connectivity index (χ0) is 13.7. The number of aryl methyl sites for hydroxylation is 1. The van der Waals surface area contributed by atoms with Gasteiger partial charge in [0.2, 0.25) is 6.39 Å². The third-order valence-electron chi connectivity index (χ3n) is 2.73. The van der Waals surface area contributed by atoms with E-state index in [2.05, 4.69) is 20.0 Å². The molecule has 2 aromatic rings. The molecule has 19 heavy (non-hydrogen) atoms. The van der Waals surface area contributed by atoms with E-state index in [9.17, 15) is 10.1 Å². The molecule has 0 radical (unpaired) electrons. The number of hydrogen-bond donors (Lipinski definition) is 1. The summed E-state index contributed by atoms with van der Waals surface area (Å²) in [7, 11) is 0. The van der Waals surface area contributed by atoms with Crippen LogP contribution in [0.25, 0.3) is 0 Å². The van der Waals surface area contributed by atoms with Gasteiger partial charge in [-0.2, -0.15) is 4.98 Å². The Labute approximate surface area is 109 Å². The van der Waals surface area contributed by atoms with E-state index >= 15 is 0 Å². The van der Waals surface area contributed by atoms with Gasteiger partial charge in [-0.05, 0) is 12.5 Å². The minimum Gasteiger partial charge on any atom is -0.343 e. The molecule has 0 amide bonds. The molecule has 0 aliphatic heterocycles. The maximum Gasteiger partial charge on any atom is 0.272 e. The minimum atomic E-state index is -0.363. The Hall–Kier alpha value is -2.28. The second-order valence-electron chi connectivity index (χ2n) is 4.15. The van der Waals surface area contributed by atoms with E-state index in [4.69, 9.17) is 0 Å². The molecule has 0 fully saturated rings. The van der Waals surface area contributed by atoms with Gasteiger partial charge in [-0.3, -0.25) is 10.1 Å². The van der Waals surface area contributed by atoms with Crippen LogP contribution in [0.15, 0.2) is 29.1 Å². The van der Waals surface area contributed by atoms with Crippen molar-refractivity contribution in [2.45, 2.75) is 19.9 Å². The quantitative estimate of drug-likeness (QED) is 0.483. The van der Waals surface area contributed by atoms with Gasteiger partial charge < -0.3 is 9.84 Å².